The van der Waals surface area contributed by atoms with Crippen molar-refractivity contribution >= 4 is 23.0 Å². The van der Waals surface area contributed by atoms with Crippen molar-refractivity contribution in [1.82, 2.24) is 9.88 Å². The summed E-state index contributed by atoms with van der Waals surface area (Å²) in [4.78, 5) is 33.3. The van der Waals surface area contributed by atoms with E-state index in [0.717, 1.165) is 34.7 Å². The van der Waals surface area contributed by atoms with Crippen LogP contribution in [0.2, 0.25) is 0 Å². The number of aromatic nitrogens is 1. The van der Waals surface area contributed by atoms with Crippen LogP contribution >= 0.6 is 11.3 Å². The van der Waals surface area contributed by atoms with Gasteiger partial charge in [0.15, 0.2) is 5.76 Å². The summed E-state index contributed by atoms with van der Waals surface area (Å²) in [5.74, 6) is -0.671. The molecule has 0 bridgehead atoms. The summed E-state index contributed by atoms with van der Waals surface area (Å²) in [7, 11) is 0. The van der Waals surface area contributed by atoms with Crippen LogP contribution in [0.15, 0.2) is 65.9 Å². The van der Waals surface area contributed by atoms with E-state index < -0.39 is 17.7 Å². The molecule has 0 spiro atoms. The summed E-state index contributed by atoms with van der Waals surface area (Å²) >= 11 is 1.28. The number of hydrogen-bond donors (Lipinski definition) is 1. The van der Waals surface area contributed by atoms with Crippen LogP contribution in [0.3, 0.4) is 0 Å². The first kappa shape index (κ1) is 25.6. The fourth-order valence-electron chi connectivity index (χ4n) is 4.50. The van der Waals surface area contributed by atoms with Crippen LogP contribution in [0.4, 0.5) is 0 Å². The van der Waals surface area contributed by atoms with Crippen LogP contribution in [-0.2, 0) is 11.3 Å². The lowest BCUT2D eigenvalue weighted by molar-refractivity contribution is -0.130. The van der Waals surface area contributed by atoms with E-state index in [1.54, 1.807) is 11.8 Å². The quantitative estimate of drug-likeness (QED) is 0.238. The molecule has 1 N–H and O–H groups in total. The van der Waals surface area contributed by atoms with E-state index in [1.807, 2.05) is 61.5 Å². The van der Waals surface area contributed by atoms with E-state index in [2.05, 4.69) is 11.9 Å². The van der Waals surface area contributed by atoms with Crippen molar-refractivity contribution in [3.05, 3.63) is 92.6 Å². The number of unbranched alkanes of at least 4 members (excludes halogenated alkanes) is 3. The number of hydrogen-bond acceptors (Lipinski definition) is 6. The molecule has 6 nitrogen and oxygen atoms in total. The van der Waals surface area contributed by atoms with Crippen molar-refractivity contribution in [2.24, 2.45) is 0 Å². The van der Waals surface area contributed by atoms with Gasteiger partial charge in [-0.1, -0.05) is 68.7 Å². The molecule has 1 aromatic heterocycles. The van der Waals surface area contributed by atoms with E-state index in [4.69, 9.17) is 4.74 Å². The molecule has 1 atom stereocenters. The highest BCUT2D eigenvalue weighted by molar-refractivity contribution is 7.14. The van der Waals surface area contributed by atoms with Crippen LogP contribution < -0.4 is 4.74 Å². The van der Waals surface area contributed by atoms with E-state index in [0.29, 0.717) is 17.2 Å². The van der Waals surface area contributed by atoms with Crippen LogP contribution in [0.5, 0.6) is 5.75 Å². The molecule has 188 valence electrons. The van der Waals surface area contributed by atoms with E-state index in [9.17, 15) is 14.7 Å². The topological polar surface area (TPSA) is 79.7 Å². The van der Waals surface area contributed by atoms with Gasteiger partial charge in [0.2, 0.25) is 5.78 Å². The van der Waals surface area contributed by atoms with Crippen molar-refractivity contribution in [3.8, 4) is 5.75 Å². The average molecular weight is 505 g/mol. The Hall–Kier alpha value is -3.45. The van der Waals surface area contributed by atoms with E-state index >= 15 is 0 Å². The predicted octanol–water partition coefficient (Wildman–Crippen LogP) is 6.50. The van der Waals surface area contributed by atoms with Gasteiger partial charge in [0.05, 0.1) is 33.8 Å². The highest BCUT2D eigenvalue weighted by Crippen LogP contribution is 2.41. The first-order valence-corrected chi connectivity index (χ1v) is 13.2. The van der Waals surface area contributed by atoms with Gasteiger partial charge in [-0.3, -0.25) is 9.59 Å². The number of benzene rings is 2. The number of Topliss-reactive ketones (excluding diaryl/α,β-unsaturated/α-hetero) is 1. The van der Waals surface area contributed by atoms with Crippen LogP contribution in [0, 0.1) is 13.8 Å². The summed E-state index contributed by atoms with van der Waals surface area (Å²) in [6.45, 7) is 6.70. The number of thiazole rings is 1. The third-order valence-corrected chi connectivity index (χ3v) is 7.39. The van der Waals surface area contributed by atoms with Crippen molar-refractivity contribution in [3.63, 3.8) is 0 Å². The van der Waals surface area contributed by atoms with Gasteiger partial charge in [-0.2, -0.15) is 0 Å². The highest BCUT2D eigenvalue weighted by atomic mass is 32.1. The lowest BCUT2D eigenvalue weighted by atomic mass is 9.94. The first-order chi connectivity index (χ1) is 17.4. The minimum atomic E-state index is -0.717. The highest BCUT2D eigenvalue weighted by Gasteiger charge is 2.44. The van der Waals surface area contributed by atoms with Crippen molar-refractivity contribution in [1.29, 1.82) is 0 Å². The molecule has 3 aromatic rings. The van der Waals surface area contributed by atoms with Gasteiger partial charge in [0.25, 0.3) is 5.91 Å². The minimum absolute atomic E-state index is 0.0934. The molecule has 0 fully saturated rings. The summed E-state index contributed by atoms with van der Waals surface area (Å²) in [6, 6.07) is 16.3. The van der Waals surface area contributed by atoms with Crippen LogP contribution in [0.25, 0.3) is 0 Å². The van der Waals surface area contributed by atoms with Crippen molar-refractivity contribution in [2.45, 2.75) is 59.0 Å². The number of rotatable bonds is 11. The molecule has 1 unspecified atom stereocenters. The Balaban J connectivity index is 1.65. The summed E-state index contributed by atoms with van der Waals surface area (Å²) in [5.41, 5.74) is 2.34. The Morgan fingerprint density at radius 1 is 1.06 bits per heavy atom. The zero-order valence-electron chi connectivity index (χ0n) is 21.0. The summed E-state index contributed by atoms with van der Waals surface area (Å²) < 4.78 is 5.88. The predicted molar refractivity (Wildman–Crippen MR) is 141 cm³/mol. The number of carbonyl (C=O) groups is 2. The standard InChI is InChI=1S/C29H32N2O4S/c1-4-5-6-10-17-35-23-15-13-22(14-16-23)25-24(26(32)28-19(2)30-20(3)36-28)27(33)29(34)31(25)18-21-11-8-7-9-12-21/h7-9,11-16,25,33H,4-6,10,17-18H2,1-3H3. The van der Waals surface area contributed by atoms with Gasteiger partial charge in [0.1, 0.15) is 5.75 Å². The number of ketones is 1. The number of carbonyl (C=O) groups excluding carboxylic acids is 2. The lowest BCUT2D eigenvalue weighted by Gasteiger charge is -2.27. The zero-order chi connectivity index (χ0) is 25.7. The monoisotopic (exact) mass is 504 g/mol. The number of aliphatic hydroxyl groups excluding tert-OH is 1. The third kappa shape index (κ3) is 5.51. The number of ether oxygens (including phenoxy) is 1. The molecular weight excluding hydrogens is 472 g/mol. The molecule has 7 heteroatoms. The molecule has 0 aliphatic carbocycles. The number of nitrogens with zero attached hydrogens (tertiary/aromatic N) is 2. The summed E-state index contributed by atoms with van der Waals surface area (Å²) in [6.07, 6.45) is 4.51. The number of amides is 1. The van der Waals surface area contributed by atoms with E-state index in [-0.39, 0.29) is 17.9 Å². The summed E-state index contributed by atoms with van der Waals surface area (Å²) in [5, 5.41) is 11.7. The SMILES string of the molecule is CCCCCCOc1ccc(C2C(C(=O)c3sc(C)nc3C)=C(O)C(=O)N2Cc2ccccc2)cc1. The molecular formula is C29H32N2O4S. The van der Waals surface area contributed by atoms with Gasteiger partial charge in [-0.25, -0.2) is 4.98 Å². The van der Waals surface area contributed by atoms with E-state index in [1.165, 1.54) is 24.2 Å². The largest absolute Gasteiger partial charge is 0.503 e. The Kier molecular flexibility index (Phi) is 8.21. The first-order valence-electron chi connectivity index (χ1n) is 12.4. The van der Waals surface area contributed by atoms with Gasteiger partial charge >= 0.3 is 0 Å². The Bertz CT molecular complexity index is 1250. The number of aryl methyl sites for hydroxylation is 2. The van der Waals surface area contributed by atoms with Gasteiger partial charge in [-0.15, -0.1) is 11.3 Å². The molecule has 4 rings (SSSR count). The van der Waals surface area contributed by atoms with Gasteiger partial charge < -0.3 is 14.7 Å². The molecule has 1 amide bonds. The smallest absolute Gasteiger partial charge is 0.290 e. The van der Waals surface area contributed by atoms with Gasteiger partial charge in [-0.05, 0) is 43.5 Å². The van der Waals surface area contributed by atoms with Crippen LogP contribution in [0.1, 0.15) is 70.1 Å². The molecule has 1 aliphatic heterocycles. The molecule has 0 radical (unpaired) electrons. The average Bonchev–Trinajstić information content (AvgIpc) is 3.35. The normalized spacial score (nSPS) is 15.6. The molecule has 1 aliphatic rings. The Morgan fingerprint density at radius 2 is 1.78 bits per heavy atom. The number of aliphatic hydroxyl groups is 1. The maximum absolute atomic E-state index is 13.7. The van der Waals surface area contributed by atoms with Crippen molar-refractivity contribution < 1.29 is 19.4 Å². The fourth-order valence-corrected chi connectivity index (χ4v) is 5.38. The van der Waals surface area contributed by atoms with Crippen molar-refractivity contribution in [2.75, 3.05) is 6.61 Å². The Morgan fingerprint density at radius 3 is 2.42 bits per heavy atom. The van der Waals surface area contributed by atoms with Crippen LogP contribution in [-0.4, -0.2) is 33.3 Å². The molecule has 0 saturated carbocycles. The molecule has 36 heavy (non-hydrogen) atoms. The minimum Gasteiger partial charge on any atom is -0.503 e. The second-order valence-electron chi connectivity index (χ2n) is 9.04. The zero-order valence-corrected chi connectivity index (χ0v) is 21.8. The Labute approximate surface area is 216 Å². The second-order valence-corrected chi connectivity index (χ2v) is 10.2. The molecule has 2 aromatic carbocycles. The lowest BCUT2D eigenvalue weighted by Crippen LogP contribution is -2.30. The molecule has 2 heterocycles. The molecule has 0 saturated heterocycles. The van der Waals surface area contributed by atoms with Gasteiger partial charge in [0, 0.05) is 6.54 Å². The fraction of sp³-hybridized carbons (Fsp3) is 0.345. The third-order valence-electron chi connectivity index (χ3n) is 6.32. The second kappa shape index (κ2) is 11.5. The maximum atomic E-state index is 13.7. The maximum Gasteiger partial charge on any atom is 0.290 e.